The molecule has 3 rings (SSSR count). The Labute approximate surface area is 146 Å². The molecule has 0 saturated carbocycles. The largest absolute Gasteiger partial charge is 0.373 e. The maximum absolute atomic E-state index is 12.5. The first-order valence-electron chi connectivity index (χ1n) is 8.16. The van der Waals surface area contributed by atoms with Gasteiger partial charge in [0.2, 0.25) is 0 Å². The molecule has 0 aliphatic carbocycles. The molecule has 1 atom stereocenters. The van der Waals surface area contributed by atoms with E-state index in [1.165, 1.54) is 6.07 Å². The average Bonchev–Trinajstić information content (AvgIpc) is 2.75. The van der Waals surface area contributed by atoms with Crippen LogP contribution in [0.1, 0.15) is 48.3 Å². The molecule has 0 aromatic heterocycles. The highest BCUT2D eigenvalue weighted by Gasteiger charge is 2.42. The number of hydrogen-bond donors (Lipinski definition) is 1. The molecule has 1 aliphatic heterocycles. The first kappa shape index (κ1) is 17.0. The van der Waals surface area contributed by atoms with Crippen molar-refractivity contribution in [3.8, 4) is 0 Å². The summed E-state index contributed by atoms with van der Waals surface area (Å²) >= 11 is 0. The fourth-order valence-electron chi connectivity index (χ4n) is 3.21. The molecular weight excluding hydrogens is 318 g/mol. The molecular formula is C19H21N3O3. The summed E-state index contributed by atoms with van der Waals surface area (Å²) in [6.45, 7) is 5.71. The molecule has 130 valence electrons. The van der Waals surface area contributed by atoms with Crippen LogP contribution in [0.4, 0.5) is 11.4 Å². The Morgan fingerprint density at radius 1 is 1.20 bits per heavy atom. The van der Waals surface area contributed by atoms with Crippen LogP contribution >= 0.6 is 0 Å². The highest BCUT2D eigenvalue weighted by molar-refractivity contribution is 6.01. The lowest BCUT2D eigenvalue weighted by Crippen LogP contribution is -2.35. The predicted molar refractivity (Wildman–Crippen MR) is 96.7 cm³/mol. The van der Waals surface area contributed by atoms with Gasteiger partial charge in [-0.15, -0.1) is 0 Å². The van der Waals surface area contributed by atoms with Gasteiger partial charge in [-0.05, 0) is 38.0 Å². The predicted octanol–water partition coefficient (Wildman–Crippen LogP) is 4.09. The number of rotatable bonds is 4. The minimum absolute atomic E-state index is 0.0160. The van der Waals surface area contributed by atoms with Crippen LogP contribution in [-0.2, 0) is 5.54 Å². The third kappa shape index (κ3) is 2.73. The maximum Gasteiger partial charge on any atom is 0.292 e. The molecule has 6 nitrogen and oxygen atoms in total. The Kier molecular flexibility index (Phi) is 3.99. The van der Waals surface area contributed by atoms with E-state index >= 15 is 0 Å². The highest BCUT2D eigenvalue weighted by Crippen LogP contribution is 2.42. The van der Waals surface area contributed by atoms with E-state index in [1.54, 1.807) is 18.0 Å². The van der Waals surface area contributed by atoms with E-state index in [-0.39, 0.29) is 17.6 Å². The number of carbonyl (C=O) groups excluding carboxylic acids is 1. The number of nitrogens with zero attached hydrogens (tertiary/aromatic N) is 2. The Bertz CT molecular complexity index is 846. The molecule has 2 aromatic carbocycles. The van der Waals surface area contributed by atoms with Crippen LogP contribution in [0.2, 0.25) is 0 Å². The standard InChI is InChI=1S/C19H21N3O3/c1-12(13-8-6-5-7-9-13)20-16-10-14-15(11-17(16)22(24)25)19(2,3)21(4)18(14)23/h5-12,20H,1-4H3. The molecule has 1 heterocycles. The van der Waals surface area contributed by atoms with Crippen LogP contribution in [0, 0.1) is 10.1 Å². The zero-order chi connectivity index (χ0) is 18.4. The van der Waals surface area contributed by atoms with E-state index < -0.39 is 10.5 Å². The normalized spacial score (nSPS) is 16.5. The average molecular weight is 339 g/mol. The van der Waals surface area contributed by atoms with Crippen molar-refractivity contribution in [2.45, 2.75) is 32.4 Å². The first-order chi connectivity index (χ1) is 11.7. The van der Waals surface area contributed by atoms with Gasteiger partial charge >= 0.3 is 0 Å². The summed E-state index contributed by atoms with van der Waals surface area (Å²) in [5, 5.41) is 14.8. The summed E-state index contributed by atoms with van der Waals surface area (Å²) < 4.78 is 0. The number of nitro groups is 1. The van der Waals surface area contributed by atoms with Crippen LogP contribution in [0.25, 0.3) is 0 Å². The van der Waals surface area contributed by atoms with Gasteiger partial charge in [-0.25, -0.2) is 0 Å². The van der Waals surface area contributed by atoms with Crippen molar-refractivity contribution < 1.29 is 9.72 Å². The molecule has 1 aliphatic rings. The molecule has 0 radical (unpaired) electrons. The van der Waals surface area contributed by atoms with E-state index in [0.717, 1.165) is 5.56 Å². The Hall–Kier alpha value is -2.89. The van der Waals surface area contributed by atoms with E-state index in [0.29, 0.717) is 16.8 Å². The van der Waals surface area contributed by atoms with Crippen molar-refractivity contribution in [1.29, 1.82) is 0 Å². The Morgan fingerprint density at radius 3 is 2.44 bits per heavy atom. The molecule has 25 heavy (non-hydrogen) atoms. The number of hydrogen-bond acceptors (Lipinski definition) is 4. The van der Waals surface area contributed by atoms with Gasteiger partial charge in [0.25, 0.3) is 11.6 Å². The number of benzene rings is 2. The molecule has 0 spiro atoms. The second-order valence-corrected chi connectivity index (χ2v) is 6.87. The molecule has 0 fully saturated rings. The third-order valence-corrected chi connectivity index (χ3v) is 5.04. The number of fused-ring (bicyclic) bond motifs is 1. The highest BCUT2D eigenvalue weighted by atomic mass is 16.6. The van der Waals surface area contributed by atoms with Crippen LogP contribution in [0.15, 0.2) is 42.5 Å². The minimum Gasteiger partial charge on any atom is -0.373 e. The first-order valence-corrected chi connectivity index (χ1v) is 8.16. The van der Waals surface area contributed by atoms with Gasteiger partial charge < -0.3 is 10.2 Å². The van der Waals surface area contributed by atoms with Crippen molar-refractivity contribution in [3.63, 3.8) is 0 Å². The van der Waals surface area contributed by atoms with E-state index in [1.807, 2.05) is 51.1 Å². The van der Waals surface area contributed by atoms with E-state index in [4.69, 9.17) is 0 Å². The molecule has 2 aromatic rings. The second kappa shape index (κ2) is 5.88. The molecule has 0 saturated heterocycles. The molecule has 1 unspecified atom stereocenters. The molecule has 1 N–H and O–H groups in total. The van der Waals surface area contributed by atoms with Gasteiger partial charge in [0.1, 0.15) is 5.69 Å². The number of amides is 1. The summed E-state index contributed by atoms with van der Waals surface area (Å²) in [6.07, 6.45) is 0. The number of anilines is 1. The van der Waals surface area contributed by atoms with Crippen molar-refractivity contribution in [2.24, 2.45) is 0 Å². The number of carbonyl (C=O) groups is 1. The lowest BCUT2D eigenvalue weighted by atomic mass is 9.92. The minimum atomic E-state index is -0.569. The summed E-state index contributed by atoms with van der Waals surface area (Å²) in [6, 6.07) is 12.7. The second-order valence-electron chi connectivity index (χ2n) is 6.87. The summed E-state index contributed by atoms with van der Waals surface area (Å²) in [4.78, 5) is 25.3. The summed E-state index contributed by atoms with van der Waals surface area (Å²) in [5.74, 6) is -0.120. The quantitative estimate of drug-likeness (QED) is 0.672. The van der Waals surface area contributed by atoms with Crippen LogP contribution in [0.5, 0.6) is 0 Å². The van der Waals surface area contributed by atoms with Crippen molar-refractivity contribution in [3.05, 3.63) is 69.3 Å². The zero-order valence-corrected chi connectivity index (χ0v) is 14.7. The fraction of sp³-hybridized carbons (Fsp3) is 0.316. The van der Waals surface area contributed by atoms with Crippen LogP contribution in [0.3, 0.4) is 0 Å². The topological polar surface area (TPSA) is 75.5 Å². The van der Waals surface area contributed by atoms with Gasteiger partial charge in [0.15, 0.2) is 0 Å². The Morgan fingerprint density at radius 2 is 1.84 bits per heavy atom. The smallest absolute Gasteiger partial charge is 0.292 e. The maximum atomic E-state index is 12.5. The monoisotopic (exact) mass is 339 g/mol. The molecule has 6 heteroatoms. The van der Waals surface area contributed by atoms with Gasteiger partial charge in [-0.1, -0.05) is 30.3 Å². The van der Waals surface area contributed by atoms with E-state index in [9.17, 15) is 14.9 Å². The van der Waals surface area contributed by atoms with Gasteiger partial charge in [-0.2, -0.15) is 0 Å². The van der Waals surface area contributed by atoms with Crippen LogP contribution in [-0.4, -0.2) is 22.8 Å². The number of nitrogens with one attached hydrogen (secondary N) is 1. The van der Waals surface area contributed by atoms with Gasteiger partial charge in [0.05, 0.1) is 10.5 Å². The summed E-state index contributed by atoms with van der Waals surface area (Å²) in [7, 11) is 1.72. The van der Waals surface area contributed by atoms with E-state index in [2.05, 4.69) is 5.32 Å². The summed E-state index contributed by atoms with van der Waals surface area (Å²) in [5.41, 5.74) is 1.99. The van der Waals surface area contributed by atoms with Crippen LogP contribution < -0.4 is 5.32 Å². The lowest BCUT2D eigenvalue weighted by Gasteiger charge is -2.28. The zero-order valence-electron chi connectivity index (χ0n) is 14.7. The van der Waals surface area contributed by atoms with Gasteiger partial charge in [-0.3, -0.25) is 14.9 Å². The third-order valence-electron chi connectivity index (χ3n) is 5.04. The Balaban J connectivity index is 2.06. The number of nitro benzene ring substituents is 1. The van der Waals surface area contributed by atoms with Crippen molar-refractivity contribution in [2.75, 3.05) is 12.4 Å². The van der Waals surface area contributed by atoms with Crippen molar-refractivity contribution >= 4 is 17.3 Å². The van der Waals surface area contributed by atoms with Gasteiger partial charge in [0, 0.05) is 24.7 Å². The fourth-order valence-corrected chi connectivity index (χ4v) is 3.21. The SMILES string of the molecule is CC(Nc1cc2c(cc1[N+](=O)[O-])C(C)(C)N(C)C2=O)c1ccccc1. The lowest BCUT2D eigenvalue weighted by molar-refractivity contribution is -0.384. The molecule has 1 amide bonds. The van der Waals surface area contributed by atoms with Crippen molar-refractivity contribution in [1.82, 2.24) is 4.90 Å². The molecule has 0 bridgehead atoms.